The van der Waals surface area contributed by atoms with Crippen molar-refractivity contribution < 1.29 is 14.9 Å². The van der Waals surface area contributed by atoms with E-state index < -0.39 is 5.60 Å². The first-order valence-electron chi connectivity index (χ1n) is 13.9. The minimum Gasteiger partial charge on any atom is -0.393 e. The monoisotopic (exact) mass is 442 g/mol. The maximum Gasteiger partial charge on any atom is 0.130 e. The quantitative estimate of drug-likeness (QED) is 0.380. The van der Waals surface area contributed by atoms with Crippen molar-refractivity contribution in [1.29, 1.82) is 0 Å². The summed E-state index contributed by atoms with van der Waals surface area (Å²) in [7, 11) is 0. The molecule has 0 aromatic heterocycles. The molecule has 5 aliphatic carbocycles. The summed E-state index contributed by atoms with van der Waals surface area (Å²) in [5.41, 5.74) is -0.245. The normalized spacial score (nSPS) is 57.4. The average Bonchev–Trinajstić information content (AvgIpc) is 3.38. The second-order valence-electron chi connectivity index (χ2n) is 13.8. The Labute approximate surface area is 195 Å². The van der Waals surface area contributed by atoms with Crippen molar-refractivity contribution >= 4 is 0 Å². The molecule has 0 radical (unpaired) electrons. The van der Waals surface area contributed by atoms with Crippen molar-refractivity contribution in [2.24, 2.45) is 52.3 Å². The Morgan fingerprint density at radius 3 is 2.38 bits per heavy atom. The van der Waals surface area contributed by atoms with Crippen LogP contribution in [0.25, 0.3) is 0 Å². The van der Waals surface area contributed by atoms with Crippen LogP contribution in [0.5, 0.6) is 0 Å². The van der Waals surface area contributed by atoms with Crippen LogP contribution in [0.2, 0.25) is 0 Å². The minimum absolute atomic E-state index is 0.0840. The summed E-state index contributed by atoms with van der Waals surface area (Å²) in [6, 6.07) is 0. The van der Waals surface area contributed by atoms with Gasteiger partial charge in [-0.3, -0.25) is 0 Å². The molecule has 7 aliphatic rings. The molecular formula is C29H46O3. The van der Waals surface area contributed by atoms with E-state index in [4.69, 9.17) is 9.78 Å². The SMILES string of the molecule is C[C@H](CC[C@@H](C)[C@@H]1CC[C@H]2[C@]1(C)CC[C@H]1[C@]23C=C[C@]2(C[C@@H](O)CC[C@]12C)OO3)[C@@H]1C[C@H]1C. The van der Waals surface area contributed by atoms with Gasteiger partial charge in [0, 0.05) is 23.7 Å². The third-order valence-electron chi connectivity index (χ3n) is 12.4. The molecule has 2 heterocycles. The highest BCUT2D eigenvalue weighted by molar-refractivity contribution is 5.33. The van der Waals surface area contributed by atoms with Crippen LogP contribution in [0.15, 0.2) is 12.2 Å². The van der Waals surface area contributed by atoms with Gasteiger partial charge in [0.05, 0.1) is 6.10 Å². The summed E-state index contributed by atoms with van der Waals surface area (Å²) < 4.78 is 0. The first-order chi connectivity index (χ1) is 15.2. The van der Waals surface area contributed by atoms with Crippen molar-refractivity contribution in [3.63, 3.8) is 0 Å². The first-order valence-corrected chi connectivity index (χ1v) is 13.9. The van der Waals surface area contributed by atoms with Crippen LogP contribution in [-0.4, -0.2) is 22.4 Å². The maximum atomic E-state index is 10.4. The van der Waals surface area contributed by atoms with Crippen molar-refractivity contribution in [2.45, 2.75) is 116 Å². The Kier molecular flexibility index (Phi) is 4.89. The lowest BCUT2D eigenvalue weighted by atomic mass is 9.42. The van der Waals surface area contributed by atoms with Crippen LogP contribution >= 0.6 is 0 Å². The fraction of sp³-hybridized carbons (Fsp3) is 0.931. The van der Waals surface area contributed by atoms with E-state index in [1.54, 1.807) is 0 Å². The third kappa shape index (κ3) is 2.77. The van der Waals surface area contributed by atoms with Gasteiger partial charge in [0.1, 0.15) is 11.2 Å². The third-order valence-corrected chi connectivity index (χ3v) is 12.4. The molecule has 2 aliphatic heterocycles. The number of aliphatic hydroxyl groups is 1. The maximum absolute atomic E-state index is 10.4. The fourth-order valence-electron chi connectivity index (χ4n) is 10.2. The largest absolute Gasteiger partial charge is 0.393 e. The molecule has 32 heavy (non-hydrogen) atoms. The van der Waals surface area contributed by atoms with Gasteiger partial charge in [-0.1, -0.05) is 53.5 Å². The fourth-order valence-corrected chi connectivity index (χ4v) is 10.2. The summed E-state index contributed by atoms with van der Waals surface area (Å²) >= 11 is 0. The number of hydrogen-bond donors (Lipinski definition) is 1. The molecule has 2 bridgehead atoms. The van der Waals surface area contributed by atoms with E-state index in [0.717, 1.165) is 42.4 Å². The van der Waals surface area contributed by atoms with Crippen molar-refractivity contribution in [3.05, 3.63) is 12.2 Å². The zero-order valence-corrected chi connectivity index (χ0v) is 21.1. The van der Waals surface area contributed by atoms with Crippen LogP contribution in [0.4, 0.5) is 0 Å². The summed E-state index contributed by atoms with van der Waals surface area (Å²) in [6.07, 6.45) is 16.6. The molecule has 0 amide bonds. The molecule has 0 aromatic rings. The summed E-state index contributed by atoms with van der Waals surface area (Å²) in [5, 5.41) is 10.4. The lowest BCUT2D eigenvalue weighted by Crippen LogP contribution is -2.73. The molecule has 0 unspecified atom stereocenters. The Balaban J connectivity index is 1.24. The standard InChI is InChI=1S/C29H46O3/c1-18(22-16-20(22)3)6-7-19(2)23-8-9-24-26(23,4)12-11-25-27(5)13-10-21(30)17-28(27)14-15-29(24,25)32-31-28/h14-15,18-25,30H,6-13,16-17H2,1-5H3/t18-,19-,20-,21+,22+,23+,24+,25-,26-,27-,28-,29+/m1/s1. The molecular weight excluding hydrogens is 396 g/mol. The number of hydrogen-bond acceptors (Lipinski definition) is 3. The summed E-state index contributed by atoms with van der Waals surface area (Å²) in [5.74, 6) is 5.55. The Morgan fingerprint density at radius 2 is 1.69 bits per heavy atom. The van der Waals surface area contributed by atoms with E-state index in [1.165, 1.54) is 44.9 Å². The smallest absolute Gasteiger partial charge is 0.130 e. The lowest BCUT2D eigenvalue weighted by molar-refractivity contribution is -0.497. The van der Waals surface area contributed by atoms with Gasteiger partial charge in [-0.05, 0) is 86.0 Å². The van der Waals surface area contributed by atoms with Crippen LogP contribution in [0.1, 0.15) is 98.8 Å². The van der Waals surface area contributed by atoms with Gasteiger partial charge >= 0.3 is 0 Å². The highest BCUT2D eigenvalue weighted by Crippen LogP contribution is 2.72. The summed E-state index contributed by atoms with van der Waals surface area (Å²) in [4.78, 5) is 12.8. The average molecular weight is 443 g/mol. The number of aliphatic hydroxyl groups excluding tert-OH is 1. The second-order valence-corrected chi connectivity index (χ2v) is 13.8. The molecule has 3 nitrogen and oxygen atoms in total. The van der Waals surface area contributed by atoms with Gasteiger partial charge in [-0.2, -0.15) is 0 Å². The predicted octanol–water partition coefficient (Wildman–Crippen LogP) is 6.70. The summed E-state index contributed by atoms with van der Waals surface area (Å²) in [6.45, 7) is 12.5. The van der Waals surface area contributed by atoms with Gasteiger partial charge < -0.3 is 5.11 Å². The predicted molar refractivity (Wildman–Crippen MR) is 127 cm³/mol. The van der Waals surface area contributed by atoms with Crippen LogP contribution < -0.4 is 0 Å². The zero-order valence-electron chi connectivity index (χ0n) is 21.1. The highest BCUT2D eigenvalue weighted by Gasteiger charge is 2.74. The molecule has 1 N–H and O–H groups in total. The van der Waals surface area contributed by atoms with E-state index in [0.29, 0.717) is 23.7 Å². The van der Waals surface area contributed by atoms with Gasteiger partial charge in [0.2, 0.25) is 0 Å². The first kappa shape index (κ1) is 22.1. The van der Waals surface area contributed by atoms with E-state index in [1.807, 2.05) is 0 Å². The molecule has 12 atom stereocenters. The van der Waals surface area contributed by atoms with Crippen molar-refractivity contribution in [3.8, 4) is 0 Å². The van der Waals surface area contributed by atoms with E-state index >= 15 is 0 Å². The molecule has 3 heteroatoms. The molecule has 0 aromatic carbocycles. The molecule has 2 spiro atoms. The van der Waals surface area contributed by atoms with Crippen LogP contribution in [-0.2, 0) is 9.78 Å². The van der Waals surface area contributed by atoms with E-state index in [-0.39, 0.29) is 17.1 Å². The minimum atomic E-state index is -0.424. The van der Waals surface area contributed by atoms with Crippen LogP contribution in [0.3, 0.4) is 0 Å². The Bertz CT molecular complexity index is 793. The molecule has 1 saturated heterocycles. The Hall–Kier alpha value is -0.380. The van der Waals surface area contributed by atoms with E-state index in [9.17, 15) is 5.11 Å². The van der Waals surface area contributed by atoms with Crippen molar-refractivity contribution in [1.82, 2.24) is 0 Å². The zero-order chi connectivity index (χ0) is 22.5. The van der Waals surface area contributed by atoms with Crippen LogP contribution in [0, 0.1) is 52.3 Å². The molecule has 180 valence electrons. The molecule has 5 fully saturated rings. The highest BCUT2D eigenvalue weighted by atomic mass is 17.2. The van der Waals surface area contributed by atoms with E-state index in [2.05, 4.69) is 46.8 Å². The topological polar surface area (TPSA) is 38.7 Å². The lowest BCUT2D eigenvalue weighted by Gasteiger charge is -2.69. The molecule has 4 saturated carbocycles. The number of fused-ring (bicyclic) bond motifs is 2. The Morgan fingerprint density at radius 1 is 0.938 bits per heavy atom. The van der Waals surface area contributed by atoms with Gasteiger partial charge in [-0.15, -0.1) is 0 Å². The second kappa shape index (κ2) is 7.08. The van der Waals surface area contributed by atoms with Gasteiger partial charge in [0.15, 0.2) is 0 Å². The van der Waals surface area contributed by atoms with Crippen molar-refractivity contribution in [2.75, 3.05) is 0 Å². The van der Waals surface area contributed by atoms with Gasteiger partial charge in [0.25, 0.3) is 0 Å². The van der Waals surface area contributed by atoms with Gasteiger partial charge in [-0.25, -0.2) is 9.78 Å². The molecule has 7 rings (SSSR count). The number of rotatable bonds is 5.